The van der Waals surface area contributed by atoms with Gasteiger partial charge in [0.15, 0.2) is 0 Å². The molecule has 1 saturated heterocycles. The second kappa shape index (κ2) is 21.5. The average Bonchev–Trinajstić information content (AvgIpc) is 3.59. The predicted molar refractivity (Wildman–Crippen MR) is 206 cm³/mol. The molecule has 3 fully saturated rings. The molecule has 3 aliphatic rings. The molecule has 1 aliphatic heterocycles. The van der Waals surface area contributed by atoms with Crippen molar-refractivity contribution in [2.75, 3.05) is 24.7 Å². The molecule has 0 aromatic heterocycles. The van der Waals surface area contributed by atoms with E-state index in [1.807, 2.05) is 0 Å². The minimum Gasteiger partial charge on any atom is -0.673 e. The van der Waals surface area contributed by atoms with Gasteiger partial charge in [0.2, 0.25) is 0 Å². The van der Waals surface area contributed by atoms with E-state index >= 15 is 0 Å². The summed E-state index contributed by atoms with van der Waals surface area (Å²) in [6.07, 6.45) is 14.9. The zero-order chi connectivity index (χ0) is 33.7. The third kappa shape index (κ3) is 14.0. The Labute approximate surface area is 325 Å². The summed E-state index contributed by atoms with van der Waals surface area (Å²) < 4.78 is 9.43. The maximum absolute atomic E-state index is 11.2. The number of hydrogen-bond donors (Lipinski definition) is 2. The van der Waals surface area contributed by atoms with Crippen LogP contribution < -0.4 is 0 Å². The molecule has 0 unspecified atom stereocenters. The molecule has 47 heavy (non-hydrogen) atoms. The van der Waals surface area contributed by atoms with Crippen molar-refractivity contribution >= 4 is 41.4 Å². The van der Waals surface area contributed by atoms with Gasteiger partial charge in [0.05, 0.1) is 0 Å². The molecule has 2 aromatic carbocycles. The smallest absolute Gasteiger partial charge is 0.132 e. The molecule has 0 bridgehead atoms. The van der Waals surface area contributed by atoms with Crippen molar-refractivity contribution in [2.45, 2.75) is 152 Å². The minimum atomic E-state index is -0.264. The van der Waals surface area contributed by atoms with Crippen LogP contribution in [0, 0.1) is 13.8 Å². The molecule has 2 saturated carbocycles. The van der Waals surface area contributed by atoms with Gasteiger partial charge < -0.3 is 19.6 Å². The van der Waals surface area contributed by atoms with Crippen molar-refractivity contribution in [3.05, 3.63) is 51.2 Å². The Morgan fingerprint density at radius 3 is 1.28 bits per heavy atom. The summed E-state index contributed by atoms with van der Waals surface area (Å²) in [5.74, 6) is 2.79. The Kier molecular flexibility index (Phi) is 19.9. The van der Waals surface area contributed by atoms with Gasteiger partial charge in [-0.3, -0.25) is 0 Å². The van der Waals surface area contributed by atoms with Crippen LogP contribution in [0.5, 0.6) is 11.5 Å². The molecular formula is C38H62NO3S2Si2Y-. The minimum absolute atomic E-state index is 0. The number of hydrogen-bond acceptors (Lipinski definition) is 5. The third-order valence-electron chi connectivity index (χ3n) is 9.53. The Balaban J connectivity index is 0.000000498. The summed E-state index contributed by atoms with van der Waals surface area (Å²) in [6.45, 7) is 19.8. The van der Waals surface area contributed by atoms with Gasteiger partial charge in [-0.1, -0.05) is 109 Å². The van der Waals surface area contributed by atoms with Gasteiger partial charge >= 0.3 is 0 Å². The molecule has 2 aliphatic carbocycles. The molecule has 5 rings (SSSR count). The predicted octanol–water partition coefficient (Wildman–Crippen LogP) is 11.7. The first-order chi connectivity index (χ1) is 21.8. The normalized spacial score (nSPS) is 18.5. The fourth-order valence-corrected chi connectivity index (χ4v) is 12.8. The second-order valence-corrected chi connectivity index (χ2v) is 21.5. The van der Waals surface area contributed by atoms with E-state index < -0.39 is 0 Å². The van der Waals surface area contributed by atoms with Crippen LogP contribution in [0.1, 0.15) is 113 Å². The zero-order valence-electron chi connectivity index (χ0n) is 30.8. The van der Waals surface area contributed by atoms with Crippen LogP contribution >= 0.6 is 23.5 Å². The Bertz CT molecular complexity index is 1120. The number of phenols is 2. The van der Waals surface area contributed by atoms with Gasteiger partial charge in [-0.15, -0.1) is 23.5 Å². The third-order valence-corrected chi connectivity index (χ3v) is 15.4. The quantitative estimate of drug-likeness (QED) is 0.150. The number of rotatable bonds is 9. The van der Waals surface area contributed by atoms with Crippen molar-refractivity contribution in [3.8, 4) is 11.5 Å². The van der Waals surface area contributed by atoms with Gasteiger partial charge in [0.25, 0.3) is 0 Å². The monoisotopic (exact) mass is 789 g/mol. The second-order valence-electron chi connectivity index (χ2n) is 14.6. The first-order valence-corrected chi connectivity index (χ1v) is 24.5. The number of phenolic OH excluding ortho intramolecular Hbond substituents is 2. The maximum atomic E-state index is 11.2. The first kappa shape index (κ1) is 43.4. The van der Waals surface area contributed by atoms with Crippen LogP contribution in [0.3, 0.4) is 0 Å². The van der Waals surface area contributed by atoms with Crippen LogP contribution in [-0.2, 0) is 48.3 Å². The SMILES string of the molecule is C1CCOC1.C[Si](C)[N-][Si](C)C.Cc1cc(SCCSc2cc(C)cc(C3(C)CCCCC3)c2O)c(O)c(C2(C)CCCCC2)c1.[Y]. The molecule has 2 aromatic rings. The molecule has 0 atom stereocenters. The Hall–Kier alpha value is 0.198. The largest absolute Gasteiger partial charge is 0.673 e. The number of nitrogens with zero attached hydrogens (tertiary/aromatic N) is 1. The topological polar surface area (TPSA) is 63.8 Å². The zero-order valence-corrected chi connectivity index (χ0v) is 37.2. The van der Waals surface area contributed by atoms with Crippen molar-refractivity contribution in [3.63, 3.8) is 0 Å². The van der Waals surface area contributed by atoms with E-state index in [0.29, 0.717) is 11.5 Å². The van der Waals surface area contributed by atoms with Gasteiger partial charge in [0.1, 0.15) is 11.5 Å². The van der Waals surface area contributed by atoms with E-state index in [-0.39, 0.29) is 61.5 Å². The molecule has 261 valence electrons. The van der Waals surface area contributed by atoms with E-state index in [1.165, 1.54) is 62.5 Å². The van der Waals surface area contributed by atoms with Crippen molar-refractivity contribution in [1.82, 2.24) is 0 Å². The van der Waals surface area contributed by atoms with Crippen LogP contribution in [0.2, 0.25) is 26.2 Å². The molecule has 4 nitrogen and oxygen atoms in total. The number of aryl methyl sites for hydroxylation is 2. The van der Waals surface area contributed by atoms with Crippen molar-refractivity contribution < 1.29 is 47.7 Å². The van der Waals surface area contributed by atoms with Gasteiger partial charge in [0, 0.05) is 78.3 Å². The van der Waals surface area contributed by atoms with E-state index in [4.69, 9.17) is 4.74 Å². The van der Waals surface area contributed by atoms with E-state index in [9.17, 15) is 10.2 Å². The van der Waals surface area contributed by atoms with Crippen LogP contribution in [0.4, 0.5) is 0 Å². The van der Waals surface area contributed by atoms with Gasteiger partial charge in [-0.05, 0) is 86.5 Å². The molecule has 0 spiro atoms. The molecule has 3 radical (unpaired) electrons. The number of ether oxygens (including phenoxy) is 1. The summed E-state index contributed by atoms with van der Waals surface area (Å²) in [7, 11) is -0.528. The molecule has 0 amide bonds. The van der Waals surface area contributed by atoms with Gasteiger partial charge in [-0.2, -0.15) is 0 Å². The summed E-state index contributed by atoms with van der Waals surface area (Å²) in [6, 6.07) is 8.67. The van der Waals surface area contributed by atoms with Crippen LogP contribution in [0.25, 0.3) is 4.65 Å². The Morgan fingerprint density at radius 1 is 0.638 bits per heavy atom. The molecule has 1 heterocycles. The molecule has 2 N–H and O–H groups in total. The summed E-state index contributed by atoms with van der Waals surface area (Å²) in [5.41, 5.74) is 4.94. The standard InChI is InChI=1S/C30H42O2S2.C4H12NSi2.C4H8O.Y/c1-21-17-23(29(3)11-7-5-8-12-29)27(31)25(19-21)33-15-16-34-26-20-22(2)18-24(28(26)32)30(4)13-9-6-10-14-30;1-6(2)5-7(3)4;1-2-4-5-3-1;/h17-20,31-32H,5-16H2,1-4H3;1-4H3;1-4H2;/q;-1;;. The molecule has 9 heteroatoms. The Morgan fingerprint density at radius 2 is 1.00 bits per heavy atom. The van der Waals surface area contributed by atoms with E-state index in [1.54, 1.807) is 23.5 Å². The van der Waals surface area contributed by atoms with Crippen molar-refractivity contribution in [2.24, 2.45) is 0 Å². The number of aromatic hydroxyl groups is 2. The fraction of sp³-hybridized carbons (Fsp3) is 0.684. The summed E-state index contributed by atoms with van der Waals surface area (Å²) >= 11 is 3.49. The van der Waals surface area contributed by atoms with Crippen molar-refractivity contribution in [1.29, 1.82) is 0 Å². The summed E-state index contributed by atoms with van der Waals surface area (Å²) in [5, 5.41) is 22.3. The first-order valence-electron chi connectivity index (χ1n) is 17.7. The van der Waals surface area contributed by atoms with Gasteiger partial charge in [-0.25, -0.2) is 0 Å². The van der Waals surface area contributed by atoms with Crippen LogP contribution in [-0.4, -0.2) is 52.8 Å². The van der Waals surface area contributed by atoms with E-state index in [2.05, 4.69) is 82.8 Å². The van der Waals surface area contributed by atoms with E-state index in [0.717, 1.165) is 71.3 Å². The number of thioether (sulfide) groups is 2. The van der Waals surface area contributed by atoms with Crippen LogP contribution in [0.15, 0.2) is 34.1 Å². The fourth-order valence-electron chi connectivity index (χ4n) is 7.10. The average molecular weight is 790 g/mol. The summed E-state index contributed by atoms with van der Waals surface area (Å²) in [4.78, 5) is 2.01. The maximum Gasteiger partial charge on any atom is 0.132 e. The number of benzene rings is 2. The molecular weight excluding hydrogens is 728 g/mol.